The number of hydrogen-bond acceptors (Lipinski definition) is 1. The van der Waals surface area contributed by atoms with Crippen molar-refractivity contribution in [2.45, 2.75) is 32.7 Å². The van der Waals surface area contributed by atoms with Gasteiger partial charge in [-0.05, 0) is 36.6 Å². The van der Waals surface area contributed by atoms with Crippen LogP contribution in [0.3, 0.4) is 0 Å². The van der Waals surface area contributed by atoms with Gasteiger partial charge >= 0.3 is 0 Å². The number of aryl methyl sites for hydroxylation is 1. The highest BCUT2D eigenvalue weighted by molar-refractivity contribution is 5.85. The fourth-order valence-electron chi connectivity index (χ4n) is 2.15. The lowest BCUT2D eigenvalue weighted by Gasteiger charge is -2.10. The standard InChI is InChI=1S/C13H17FN2/c1-3-10(15)13-9-7-8(14)5-6-12(9)16-11(13)4-2/h5-7,10,16H,3-4,15H2,1-2H3. The summed E-state index contributed by atoms with van der Waals surface area (Å²) in [6.45, 7) is 4.12. The van der Waals surface area contributed by atoms with Gasteiger partial charge in [0.25, 0.3) is 0 Å². The van der Waals surface area contributed by atoms with Gasteiger partial charge in [0.2, 0.25) is 0 Å². The van der Waals surface area contributed by atoms with Crippen LogP contribution in [-0.4, -0.2) is 4.98 Å². The Labute approximate surface area is 94.7 Å². The van der Waals surface area contributed by atoms with Gasteiger partial charge in [0.15, 0.2) is 0 Å². The summed E-state index contributed by atoms with van der Waals surface area (Å²) in [6, 6.07) is 4.79. The van der Waals surface area contributed by atoms with Crippen LogP contribution in [0.2, 0.25) is 0 Å². The summed E-state index contributed by atoms with van der Waals surface area (Å²) >= 11 is 0. The van der Waals surface area contributed by atoms with Gasteiger partial charge in [-0.2, -0.15) is 0 Å². The Morgan fingerprint density at radius 3 is 2.75 bits per heavy atom. The van der Waals surface area contributed by atoms with Crippen LogP contribution in [-0.2, 0) is 6.42 Å². The highest BCUT2D eigenvalue weighted by atomic mass is 19.1. The zero-order valence-electron chi connectivity index (χ0n) is 9.68. The molecule has 3 heteroatoms. The molecular formula is C13H17FN2. The summed E-state index contributed by atoms with van der Waals surface area (Å²) in [5, 5.41) is 0.922. The largest absolute Gasteiger partial charge is 0.358 e. The molecule has 0 bridgehead atoms. The first-order valence-corrected chi connectivity index (χ1v) is 5.73. The zero-order valence-corrected chi connectivity index (χ0v) is 9.68. The predicted molar refractivity (Wildman–Crippen MR) is 64.9 cm³/mol. The van der Waals surface area contributed by atoms with E-state index in [1.165, 1.54) is 6.07 Å². The lowest BCUT2D eigenvalue weighted by Crippen LogP contribution is -2.10. The molecule has 1 aromatic carbocycles. The smallest absolute Gasteiger partial charge is 0.123 e. The lowest BCUT2D eigenvalue weighted by atomic mass is 10.0. The molecule has 86 valence electrons. The van der Waals surface area contributed by atoms with Crippen LogP contribution in [0, 0.1) is 5.82 Å². The van der Waals surface area contributed by atoms with E-state index >= 15 is 0 Å². The molecule has 2 nitrogen and oxygen atoms in total. The first-order chi connectivity index (χ1) is 7.67. The number of benzene rings is 1. The third-order valence-electron chi connectivity index (χ3n) is 3.05. The zero-order chi connectivity index (χ0) is 11.7. The van der Waals surface area contributed by atoms with Crippen molar-refractivity contribution in [1.82, 2.24) is 4.98 Å². The van der Waals surface area contributed by atoms with Crippen molar-refractivity contribution in [3.05, 3.63) is 35.3 Å². The number of hydrogen-bond donors (Lipinski definition) is 2. The minimum absolute atomic E-state index is 0.0227. The van der Waals surface area contributed by atoms with Crippen molar-refractivity contribution in [2.24, 2.45) is 5.73 Å². The number of rotatable bonds is 3. The third-order valence-corrected chi connectivity index (χ3v) is 3.05. The molecule has 0 radical (unpaired) electrons. The van der Waals surface area contributed by atoms with Crippen LogP contribution in [0.4, 0.5) is 4.39 Å². The highest BCUT2D eigenvalue weighted by Gasteiger charge is 2.15. The molecular weight excluding hydrogens is 203 g/mol. The minimum atomic E-state index is -0.210. The Morgan fingerprint density at radius 1 is 1.38 bits per heavy atom. The summed E-state index contributed by atoms with van der Waals surface area (Å²) in [6.07, 6.45) is 1.75. The highest BCUT2D eigenvalue weighted by Crippen LogP contribution is 2.29. The minimum Gasteiger partial charge on any atom is -0.358 e. The summed E-state index contributed by atoms with van der Waals surface area (Å²) in [7, 11) is 0. The maximum absolute atomic E-state index is 13.2. The van der Waals surface area contributed by atoms with Crippen LogP contribution in [0.1, 0.15) is 37.6 Å². The molecule has 2 aromatic rings. The molecule has 3 N–H and O–H groups in total. The van der Waals surface area contributed by atoms with E-state index in [2.05, 4.69) is 11.9 Å². The summed E-state index contributed by atoms with van der Waals surface area (Å²) in [5.41, 5.74) is 9.25. The summed E-state index contributed by atoms with van der Waals surface area (Å²) in [5.74, 6) is -0.210. The second kappa shape index (κ2) is 4.26. The van der Waals surface area contributed by atoms with Crippen LogP contribution < -0.4 is 5.73 Å². The molecule has 0 aliphatic carbocycles. The molecule has 0 saturated heterocycles. The Hall–Kier alpha value is -1.35. The molecule has 1 heterocycles. The van der Waals surface area contributed by atoms with Crippen molar-refractivity contribution in [3.63, 3.8) is 0 Å². The topological polar surface area (TPSA) is 41.8 Å². The van der Waals surface area contributed by atoms with Crippen LogP contribution >= 0.6 is 0 Å². The first kappa shape index (κ1) is 11.1. The molecule has 0 aliphatic rings. The molecule has 1 unspecified atom stereocenters. The number of fused-ring (bicyclic) bond motifs is 1. The van der Waals surface area contributed by atoms with Gasteiger partial charge in [0.1, 0.15) is 5.82 Å². The monoisotopic (exact) mass is 220 g/mol. The predicted octanol–water partition coefficient (Wildman–Crippen LogP) is 3.28. The van der Waals surface area contributed by atoms with Crippen LogP contribution in [0.5, 0.6) is 0 Å². The number of halogens is 1. The lowest BCUT2D eigenvalue weighted by molar-refractivity contribution is 0.629. The maximum Gasteiger partial charge on any atom is 0.123 e. The molecule has 0 spiro atoms. The number of aromatic amines is 1. The van der Waals surface area contributed by atoms with E-state index in [1.54, 1.807) is 12.1 Å². The SMILES string of the molecule is CCc1[nH]c2ccc(F)cc2c1C(N)CC. The van der Waals surface area contributed by atoms with E-state index in [0.717, 1.165) is 35.0 Å². The molecule has 0 saturated carbocycles. The van der Waals surface area contributed by atoms with E-state index in [4.69, 9.17) is 5.73 Å². The van der Waals surface area contributed by atoms with Crippen molar-refractivity contribution in [3.8, 4) is 0 Å². The Morgan fingerprint density at radius 2 is 2.12 bits per heavy atom. The van der Waals surface area contributed by atoms with Crippen molar-refractivity contribution >= 4 is 10.9 Å². The average Bonchev–Trinajstić information content (AvgIpc) is 2.65. The average molecular weight is 220 g/mol. The van der Waals surface area contributed by atoms with Gasteiger partial charge < -0.3 is 10.7 Å². The molecule has 0 fully saturated rings. The van der Waals surface area contributed by atoms with Gasteiger partial charge in [-0.15, -0.1) is 0 Å². The first-order valence-electron chi connectivity index (χ1n) is 5.73. The fourth-order valence-corrected chi connectivity index (χ4v) is 2.15. The molecule has 2 rings (SSSR count). The Balaban J connectivity index is 2.70. The third kappa shape index (κ3) is 1.71. The second-order valence-electron chi connectivity index (χ2n) is 4.08. The van der Waals surface area contributed by atoms with Gasteiger partial charge in [0.05, 0.1) is 0 Å². The Bertz CT molecular complexity index is 502. The summed E-state index contributed by atoms with van der Waals surface area (Å²) in [4.78, 5) is 3.31. The maximum atomic E-state index is 13.2. The van der Waals surface area contributed by atoms with Crippen LogP contribution in [0.25, 0.3) is 10.9 Å². The van der Waals surface area contributed by atoms with Gasteiger partial charge in [-0.3, -0.25) is 0 Å². The molecule has 0 amide bonds. The van der Waals surface area contributed by atoms with E-state index < -0.39 is 0 Å². The van der Waals surface area contributed by atoms with Gasteiger partial charge in [-0.25, -0.2) is 4.39 Å². The Kier molecular flexibility index (Phi) is 2.97. The van der Waals surface area contributed by atoms with Crippen LogP contribution in [0.15, 0.2) is 18.2 Å². The number of aromatic nitrogens is 1. The van der Waals surface area contributed by atoms with Crippen molar-refractivity contribution in [1.29, 1.82) is 0 Å². The molecule has 16 heavy (non-hydrogen) atoms. The van der Waals surface area contributed by atoms with E-state index in [1.807, 2.05) is 6.92 Å². The van der Waals surface area contributed by atoms with Gasteiger partial charge in [0, 0.05) is 22.6 Å². The van der Waals surface area contributed by atoms with E-state index in [-0.39, 0.29) is 11.9 Å². The van der Waals surface area contributed by atoms with Crippen molar-refractivity contribution < 1.29 is 4.39 Å². The molecule has 1 atom stereocenters. The second-order valence-corrected chi connectivity index (χ2v) is 4.08. The fraction of sp³-hybridized carbons (Fsp3) is 0.385. The van der Waals surface area contributed by atoms with Crippen molar-refractivity contribution in [2.75, 3.05) is 0 Å². The summed E-state index contributed by atoms with van der Waals surface area (Å²) < 4.78 is 13.2. The number of nitrogens with two attached hydrogens (primary N) is 1. The quantitative estimate of drug-likeness (QED) is 0.819. The van der Waals surface area contributed by atoms with Gasteiger partial charge in [-0.1, -0.05) is 13.8 Å². The number of H-pyrrole nitrogens is 1. The number of nitrogens with one attached hydrogen (secondary N) is 1. The van der Waals surface area contributed by atoms with E-state index in [9.17, 15) is 4.39 Å². The molecule has 0 aliphatic heterocycles. The normalized spacial score (nSPS) is 13.2. The molecule has 1 aromatic heterocycles. The van der Waals surface area contributed by atoms with E-state index in [0.29, 0.717) is 0 Å².